The van der Waals surface area contributed by atoms with E-state index in [-0.39, 0.29) is 16.3 Å². The Labute approximate surface area is 121 Å². The first-order valence-corrected chi connectivity index (χ1v) is 7.24. The summed E-state index contributed by atoms with van der Waals surface area (Å²) in [6.07, 6.45) is 2.29. The van der Waals surface area contributed by atoms with Crippen LogP contribution in [0.2, 0.25) is 5.02 Å². The van der Waals surface area contributed by atoms with Gasteiger partial charge in [-0.25, -0.2) is 17.6 Å². The van der Waals surface area contributed by atoms with Crippen molar-refractivity contribution >= 4 is 34.1 Å². The molecule has 1 aliphatic rings. The van der Waals surface area contributed by atoms with Gasteiger partial charge in [-0.2, -0.15) is 0 Å². The number of benzene rings is 1. The Kier molecular flexibility index (Phi) is 4.29. The van der Waals surface area contributed by atoms with Crippen LogP contribution in [0.25, 0.3) is 0 Å². The number of hydrogen-bond acceptors (Lipinski definition) is 3. The third-order valence-electron chi connectivity index (χ3n) is 3.04. The lowest BCUT2D eigenvalue weighted by atomic mass is 10.1. The molecule has 1 atom stereocenters. The number of nitrogens with zero attached hydrogens (tertiary/aromatic N) is 1. The molecule has 0 saturated heterocycles. The highest BCUT2D eigenvalue weighted by Gasteiger charge is 2.32. The van der Waals surface area contributed by atoms with Crippen LogP contribution in [0.15, 0.2) is 29.8 Å². The molecule has 0 spiro atoms. The molecular weight excluding hydrogens is 309 g/mol. The van der Waals surface area contributed by atoms with Gasteiger partial charge in [-0.1, -0.05) is 17.7 Å². The molecule has 20 heavy (non-hydrogen) atoms. The predicted octanol–water partition coefficient (Wildman–Crippen LogP) is 1.99. The van der Waals surface area contributed by atoms with Crippen molar-refractivity contribution in [1.82, 2.24) is 0 Å². The Hall–Kier alpha value is -1.60. The van der Waals surface area contributed by atoms with Crippen LogP contribution in [0.5, 0.6) is 0 Å². The summed E-state index contributed by atoms with van der Waals surface area (Å²) in [7, 11) is -3.11. The van der Waals surface area contributed by atoms with E-state index in [1.165, 1.54) is 12.1 Å². The van der Waals surface area contributed by atoms with Crippen molar-refractivity contribution in [2.45, 2.75) is 18.9 Å². The highest BCUT2D eigenvalue weighted by Crippen LogP contribution is 2.34. The molecule has 0 aromatic heterocycles. The van der Waals surface area contributed by atoms with Crippen molar-refractivity contribution in [3.05, 3.63) is 40.7 Å². The second-order valence-corrected chi connectivity index (χ2v) is 5.55. The first kappa shape index (κ1) is 14.8. The largest absolute Gasteiger partial charge is 0.478 e. The smallest absolute Gasteiger partial charge is 0.333 e. The summed E-state index contributed by atoms with van der Waals surface area (Å²) >= 11 is 5.86. The van der Waals surface area contributed by atoms with Crippen LogP contribution in [0.1, 0.15) is 12.8 Å². The highest BCUT2D eigenvalue weighted by molar-refractivity contribution is 7.74. The number of rotatable bonds is 4. The van der Waals surface area contributed by atoms with E-state index in [2.05, 4.69) is 0 Å². The normalized spacial score (nSPS) is 18.1. The maximum absolute atomic E-state index is 13.0. The topological polar surface area (TPSA) is 74.7 Å². The quantitative estimate of drug-likeness (QED) is 0.832. The Bertz CT molecular complexity index is 651. The second-order valence-electron chi connectivity index (χ2n) is 4.24. The number of carbonyl (C=O) groups is 1. The average molecular weight is 320 g/mol. The molecule has 8 heteroatoms. The van der Waals surface area contributed by atoms with E-state index in [9.17, 15) is 17.6 Å². The van der Waals surface area contributed by atoms with E-state index < -0.39 is 28.7 Å². The fraction of sp³-hybridized carbons (Fsp3) is 0.250. The van der Waals surface area contributed by atoms with Crippen molar-refractivity contribution in [3.8, 4) is 0 Å². The lowest BCUT2D eigenvalue weighted by Crippen LogP contribution is -2.36. The molecule has 5 nitrogen and oxygen atoms in total. The number of halogens is 2. The van der Waals surface area contributed by atoms with Crippen LogP contribution in [-0.4, -0.2) is 25.5 Å². The summed E-state index contributed by atoms with van der Waals surface area (Å²) in [5.41, 5.74) is 0.0767. The minimum absolute atomic E-state index is 0.00425. The van der Waals surface area contributed by atoms with Gasteiger partial charge in [0.2, 0.25) is 10.9 Å². The van der Waals surface area contributed by atoms with Gasteiger partial charge in [0.05, 0.1) is 22.3 Å². The number of aliphatic carboxylic acids is 1. The number of carboxylic acid groups (broad SMARTS) is 1. The number of anilines is 1. The van der Waals surface area contributed by atoms with E-state index >= 15 is 0 Å². The minimum atomic E-state index is -3.11. The minimum Gasteiger partial charge on any atom is -0.478 e. The van der Waals surface area contributed by atoms with Gasteiger partial charge in [-0.3, -0.25) is 4.31 Å². The summed E-state index contributed by atoms with van der Waals surface area (Å²) in [5.74, 6) is -1.77. The van der Waals surface area contributed by atoms with E-state index in [1.54, 1.807) is 0 Å². The van der Waals surface area contributed by atoms with Crippen molar-refractivity contribution in [2.75, 3.05) is 4.31 Å². The molecule has 0 amide bonds. The van der Waals surface area contributed by atoms with Gasteiger partial charge >= 0.3 is 5.97 Å². The van der Waals surface area contributed by atoms with Gasteiger partial charge in [0.25, 0.3) is 0 Å². The highest BCUT2D eigenvalue weighted by atomic mass is 35.5. The molecule has 2 rings (SSSR count). The number of carboxylic acids is 1. The van der Waals surface area contributed by atoms with Crippen LogP contribution in [-0.2, 0) is 15.7 Å². The zero-order valence-corrected chi connectivity index (χ0v) is 11.8. The van der Waals surface area contributed by atoms with Gasteiger partial charge in [-0.05, 0) is 31.0 Å². The maximum atomic E-state index is 13.0. The van der Waals surface area contributed by atoms with E-state index in [1.807, 2.05) is 0 Å². The van der Waals surface area contributed by atoms with Crippen molar-refractivity contribution in [1.29, 1.82) is 0 Å². The Morgan fingerprint density at radius 2 is 2.15 bits per heavy atom. The average Bonchev–Trinajstić information content (AvgIpc) is 2.81. The Balaban J connectivity index is 2.47. The summed E-state index contributed by atoms with van der Waals surface area (Å²) < 4.78 is 36.9. The van der Waals surface area contributed by atoms with Crippen molar-refractivity contribution in [3.63, 3.8) is 0 Å². The van der Waals surface area contributed by atoms with Gasteiger partial charge in [-0.15, -0.1) is 0 Å². The lowest BCUT2D eigenvalue weighted by molar-refractivity contribution is -0.132. The molecule has 1 aliphatic carbocycles. The number of allylic oxidation sites excluding steroid dienone is 1. The molecule has 0 radical (unpaired) electrons. The summed E-state index contributed by atoms with van der Waals surface area (Å²) in [6.45, 7) is 0. The van der Waals surface area contributed by atoms with Crippen LogP contribution in [0, 0.1) is 5.82 Å². The maximum Gasteiger partial charge on any atom is 0.333 e. The standard InChI is InChI=1S/C12H11ClFNO4S/c13-9-6-7(14)4-5-11(9)15(20(18)19)10-3-1-2-8(10)12(16)17/h2,4-6,10,20H,1,3H2,(H,16,17). The zero-order valence-electron chi connectivity index (χ0n) is 10.1. The van der Waals surface area contributed by atoms with E-state index in [0.717, 1.165) is 16.4 Å². The molecule has 0 aliphatic heterocycles. The molecule has 1 unspecified atom stereocenters. The Morgan fingerprint density at radius 3 is 2.70 bits per heavy atom. The van der Waals surface area contributed by atoms with Crippen molar-refractivity contribution in [2.24, 2.45) is 0 Å². The molecule has 108 valence electrons. The molecule has 0 fully saturated rings. The predicted molar refractivity (Wildman–Crippen MR) is 72.9 cm³/mol. The summed E-state index contributed by atoms with van der Waals surface area (Å²) in [6, 6.07) is 2.46. The molecule has 1 N–H and O–H groups in total. The fourth-order valence-electron chi connectivity index (χ4n) is 2.21. The molecule has 0 saturated carbocycles. The first-order chi connectivity index (χ1) is 9.41. The van der Waals surface area contributed by atoms with E-state index in [0.29, 0.717) is 12.8 Å². The fourth-order valence-corrected chi connectivity index (χ4v) is 3.34. The third-order valence-corrected chi connectivity index (χ3v) is 4.19. The van der Waals surface area contributed by atoms with Crippen LogP contribution >= 0.6 is 11.6 Å². The molecule has 0 heterocycles. The second kappa shape index (κ2) is 5.80. The van der Waals surface area contributed by atoms with Gasteiger partial charge in [0, 0.05) is 0 Å². The first-order valence-electron chi connectivity index (χ1n) is 5.73. The SMILES string of the molecule is O=C(O)C1=CCCC1N(c1ccc(F)cc1Cl)[SH](=O)=O. The van der Waals surface area contributed by atoms with Gasteiger partial charge < -0.3 is 5.11 Å². The van der Waals surface area contributed by atoms with Crippen LogP contribution in [0.3, 0.4) is 0 Å². The zero-order chi connectivity index (χ0) is 14.9. The van der Waals surface area contributed by atoms with Gasteiger partial charge in [0.15, 0.2) is 0 Å². The molecular formula is C12H11ClFNO4S. The Morgan fingerprint density at radius 1 is 1.45 bits per heavy atom. The third kappa shape index (κ3) is 2.78. The van der Waals surface area contributed by atoms with Crippen LogP contribution < -0.4 is 4.31 Å². The van der Waals surface area contributed by atoms with Crippen molar-refractivity contribution < 1.29 is 22.7 Å². The molecule has 0 bridgehead atoms. The summed E-state index contributed by atoms with van der Waals surface area (Å²) in [4.78, 5) is 11.1. The number of thiol groups is 1. The monoisotopic (exact) mass is 319 g/mol. The van der Waals surface area contributed by atoms with Gasteiger partial charge in [0.1, 0.15) is 5.82 Å². The number of hydrogen-bond donors (Lipinski definition) is 2. The molecule has 1 aromatic carbocycles. The van der Waals surface area contributed by atoms with Crippen LogP contribution in [0.4, 0.5) is 10.1 Å². The lowest BCUT2D eigenvalue weighted by Gasteiger charge is -2.26. The van der Waals surface area contributed by atoms with E-state index in [4.69, 9.17) is 16.7 Å². The molecule has 1 aromatic rings. The summed E-state index contributed by atoms with van der Waals surface area (Å²) in [5, 5.41) is 9.01.